The highest BCUT2D eigenvalue weighted by Crippen LogP contribution is 2.27. The van der Waals surface area contributed by atoms with Crippen molar-refractivity contribution in [2.24, 2.45) is 0 Å². The summed E-state index contributed by atoms with van der Waals surface area (Å²) in [6.07, 6.45) is 1.59. The monoisotopic (exact) mass is 335 g/mol. The van der Waals surface area contributed by atoms with Gasteiger partial charge in [0.05, 0.1) is 11.9 Å². The van der Waals surface area contributed by atoms with E-state index in [1.807, 2.05) is 0 Å². The molecule has 3 N–H and O–H groups in total. The van der Waals surface area contributed by atoms with Crippen LogP contribution in [0.3, 0.4) is 0 Å². The molecule has 0 saturated heterocycles. The van der Waals surface area contributed by atoms with Gasteiger partial charge in [0.2, 0.25) is 0 Å². The van der Waals surface area contributed by atoms with Crippen LogP contribution in [0.5, 0.6) is 0 Å². The minimum Gasteiger partial charge on any atom is -0.389 e. The van der Waals surface area contributed by atoms with Gasteiger partial charge in [0.15, 0.2) is 5.13 Å². The van der Waals surface area contributed by atoms with E-state index in [0.29, 0.717) is 10.1 Å². The second-order valence-electron chi connectivity index (χ2n) is 2.82. The molecule has 3 nitrogen and oxygen atoms in total. The van der Waals surface area contributed by atoms with Gasteiger partial charge >= 0.3 is 0 Å². The first-order chi connectivity index (χ1) is 7.15. The Bertz CT molecular complexity index is 486. The quantitative estimate of drug-likeness (QED) is 0.829. The number of nitrogens with zero attached hydrogens (tertiary/aromatic N) is 1. The molecule has 0 fully saturated rings. The van der Waals surface area contributed by atoms with E-state index < -0.39 is 0 Å². The summed E-state index contributed by atoms with van der Waals surface area (Å²) in [4.78, 5) is 4.06. The molecule has 15 heavy (non-hydrogen) atoms. The van der Waals surface area contributed by atoms with Gasteiger partial charge in [-0.3, -0.25) is 0 Å². The van der Waals surface area contributed by atoms with E-state index in [1.165, 1.54) is 23.5 Å². The number of rotatable bonds is 2. The normalized spacial score (nSPS) is 10.3. The van der Waals surface area contributed by atoms with E-state index in [4.69, 9.17) is 5.73 Å². The van der Waals surface area contributed by atoms with Crippen LogP contribution in [0.25, 0.3) is 0 Å². The van der Waals surface area contributed by atoms with Crippen molar-refractivity contribution in [1.29, 1.82) is 0 Å². The molecule has 2 aromatic rings. The Balaban J connectivity index is 2.24. The highest BCUT2D eigenvalue weighted by Gasteiger charge is 2.04. The van der Waals surface area contributed by atoms with Crippen LogP contribution in [0.2, 0.25) is 0 Å². The number of nitrogens with two attached hydrogens (primary N) is 1. The summed E-state index contributed by atoms with van der Waals surface area (Å²) in [5.41, 5.74) is 6.37. The third kappa shape index (κ3) is 2.57. The predicted octanol–water partition coefficient (Wildman–Crippen LogP) is 3.21. The van der Waals surface area contributed by atoms with Crippen molar-refractivity contribution < 1.29 is 4.39 Å². The molecule has 0 atom stereocenters. The van der Waals surface area contributed by atoms with Gasteiger partial charge in [-0.15, -0.1) is 0 Å². The molecule has 1 aromatic carbocycles. The average Bonchev–Trinajstić information content (AvgIpc) is 2.56. The van der Waals surface area contributed by atoms with E-state index in [0.717, 1.165) is 9.26 Å². The zero-order chi connectivity index (χ0) is 10.8. The molecule has 1 aromatic heterocycles. The molecule has 0 amide bonds. The Hall–Kier alpha value is -0.890. The third-order valence-corrected chi connectivity index (χ3v) is 3.33. The Morgan fingerprint density at radius 3 is 2.87 bits per heavy atom. The van der Waals surface area contributed by atoms with Crippen LogP contribution >= 0.6 is 33.9 Å². The van der Waals surface area contributed by atoms with E-state index in [1.54, 1.807) is 12.3 Å². The van der Waals surface area contributed by atoms with Crippen LogP contribution in [0.4, 0.5) is 20.2 Å². The summed E-state index contributed by atoms with van der Waals surface area (Å²) in [6, 6.07) is 4.54. The molecule has 0 bridgehead atoms. The number of benzene rings is 1. The van der Waals surface area contributed by atoms with Crippen LogP contribution < -0.4 is 11.1 Å². The van der Waals surface area contributed by atoms with Crippen molar-refractivity contribution in [2.45, 2.75) is 0 Å². The van der Waals surface area contributed by atoms with Gasteiger partial charge in [-0.25, -0.2) is 9.37 Å². The number of halogens is 2. The van der Waals surface area contributed by atoms with E-state index in [9.17, 15) is 4.39 Å². The molecule has 0 aliphatic rings. The SMILES string of the molecule is Nc1cnc(Nc2ccc(F)cc2I)s1. The lowest BCUT2D eigenvalue weighted by molar-refractivity contribution is 0.627. The van der Waals surface area contributed by atoms with E-state index in [2.05, 4.69) is 32.9 Å². The van der Waals surface area contributed by atoms with Gasteiger partial charge in [0.25, 0.3) is 0 Å². The lowest BCUT2D eigenvalue weighted by Crippen LogP contribution is -1.92. The number of nitrogen functional groups attached to an aromatic ring is 1. The van der Waals surface area contributed by atoms with Crippen molar-refractivity contribution in [3.63, 3.8) is 0 Å². The van der Waals surface area contributed by atoms with Crippen LogP contribution in [0, 0.1) is 9.39 Å². The van der Waals surface area contributed by atoms with Crippen LogP contribution in [0.15, 0.2) is 24.4 Å². The summed E-state index contributed by atoms with van der Waals surface area (Å²) in [5.74, 6) is -0.247. The lowest BCUT2D eigenvalue weighted by atomic mass is 10.3. The maximum Gasteiger partial charge on any atom is 0.189 e. The standard InChI is InChI=1S/C9H7FIN3S/c10-5-1-2-7(6(11)3-5)14-9-13-4-8(12)15-9/h1-4H,12H2,(H,13,14). The van der Waals surface area contributed by atoms with Gasteiger partial charge in [0, 0.05) is 3.57 Å². The minimum atomic E-state index is -0.247. The second-order valence-corrected chi connectivity index (χ2v) is 5.04. The average molecular weight is 335 g/mol. The highest BCUT2D eigenvalue weighted by molar-refractivity contribution is 14.1. The highest BCUT2D eigenvalue weighted by atomic mass is 127. The third-order valence-electron chi connectivity index (χ3n) is 1.70. The van der Waals surface area contributed by atoms with Gasteiger partial charge in [-0.1, -0.05) is 11.3 Å². The fraction of sp³-hybridized carbons (Fsp3) is 0. The number of hydrogen-bond acceptors (Lipinski definition) is 4. The summed E-state index contributed by atoms with van der Waals surface area (Å²) >= 11 is 3.42. The Morgan fingerprint density at radius 1 is 1.47 bits per heavy atom. The number of aromatic nitrogens is 1. The molecule has 0 aliphatic heterocycles. The largest absolute Gasteiger partial charge is 0.389 e. The first-order valence-electron chi connectivity index (χ1n) is 4.08. The molecule has 1 heterocycles. The smallest absolute Gasteiger partial charge is 0.189 e. The van der Waals surface area contributed by atoms with Crippen molar-refractivity contribution in [3.05, 3.63) is 33.8 Å². The first kappa shape index (κ1) is 10.6. The Labute approximate surface area is 104 Å². The fourth-order valence-corrected chi connectivity index (χ4v) is 2.26. The predicted molar refractivity (Wildman–Crippen MR) is 68.9 cm³/mol. The van der Waals surface area contributed by atoms with Crippen molar-refractivity contribution in [1.82, 2.24) is 4.98 Å². The molecule has 0 spiro atoms. The number of nitrogens with one attached hydrogen (secondary N) is 1. The molecule has 6 heteroatoms. The zero-order valence-corrected chi connectivity index (χ0v) is 10.5. The number of thiazole rings is 1. The molecule has 2 rings (SSSR count). The van der Waals surface area contributed by atoms with Crippen LogP contribution in [-0.2, 0) is 0 Å². The molecular weight excluding hydrogens is 328 g/mol. The maximum atomic E-state index is 12.8. The minimum absolute atomic E-state index is 0.247. The van der Waals surface area contributed by atoms with Gasteiger partial charge in [-0.2, -0.15) is 0 Å². The zero-order valence-electron chi connectivity index (χ0n) is 7.50. The Kier molecular flexibility index (Phi) is 3.06. The molecule has 0 radical (unpaired) electrons. The molecule has 0 saturated carbocycles. The molecular formula is C9H7FIN3S. The second kappa shape index (κ2) is 4.31. The summed E-state index contributed by atoms with van der Waals surface area (Å²) in [5, 5.41) is 4.43. The summed E-state index contributed by atoms with van der Waals surface area (Å²) in [7, 11) is 0. The lowest BCUT2D eigenvalue weighted by Gasteiger charge is -2.04. The molecule has 78 valence electrons. The summed E-state index contributed by atoms with van der Waals surface area (Å²) in [6.45, 7) is 0. The first-order valence-corrected chi connectivity index (χ1v) is 5.98. The van der Waals surface area contributed by atoms with Crippen molar-refractivity contribution >= 4 is 49.7 Å². The number of anilines is 3. The van der Waals surface area contributed by atoms with Gasteiger partial charge < -0.3 is 11.1 Å². The van der Waals surface area contributed by atoms with Crippen LogP contribution in [-0.4, -0.2) is 4.98 Å². The fourth-order valence-electron chi connectivity index (χ4n) is 1.05. The molecule has 0 aliphatic carbocycles. The van der Waals surface area contributed by atoms with E-state index >= 15 is 0 Å². The maximum absolute atomic E-state index is 12.8. The van der Waals surface area contributed by atoms with Crippen molar-refractivity contribution in [2.75, 3.05) is 11.1 Å². The summed E-state index contributed by atoms with van der Waals surface area (Å²) < 4.78 is 13.6. The number of hydrogen-bond donors (Lipinski definition) is 2. The Morgan fingerprint density at radius 2 is 2.27 bits per heavy atom. The van der Waals surface area contributed by atoms with Gasteiger partial charge in [-0.05, 0) is 40.8 Å². The van der Waals surface area contributed by atoms with Crippen molar-refractivity contribution in [3.8, 4) is 0 Å². The van der Waals surface area contributed by atoms with E-state index in [-0.39, 0.29) is 5.82 Å². The van der Waals surface area contributed by atoms with Crippen LogP contribution in [0.1, 0.15) is 0 Å². The van der Waals surface area contributed by atoms with Gasteiger partial charge in [0.1, 0.15) is 10.8 Å². The molecule has 0 unspecified atom stereocenters. The topological polar surface area (TPSA) is 50.9 Å².